The van der Waals surface area contributed by atoms with Gasteiger partial charge in [0.25, 0.3) is 0 Å². The van der Waals surface area contributed by atoms with Crippen LogP contribution in [0.4, 0.5) is 30.7 Å². The van der Waals surface area contributed by atoms with E-state index in [2.05, 4.69) is 4.74 Å². The molecule has 0 heterocycles. The van der Waals surface area contributed by atoms with Crippen molar-refractivity contribution in [1.29, 1.82) is 0 Å². The van der Waals surface area contributed by atoms with E-state index in [0.29, 0.717) is 0 Å². The second-order valence-corrected chi connectivity index (χ2v) is 3.86. The van der Waals surface area contributed by atoms with Crippen LogP contribution < -0.4 is 4.74 Å². The highest BCUT2D eigenvalue weighted by Gasteiger charge is 2.37. The lowest BCUT2D eigenvalue weighted by molar-refractivity contribution is -0.276. The molecular formula is C11H9F7O. The number of halogens is 7. The third kappa shape index (κ3) is 3.10. The standard InChI is InChI=1S/C11H9F7O/c1-3-4(2)5-6(12)8(14)10(9(15)7(5)13)19-11(16,17)18/h4H,3H2,1-2H3. The van der Waals surface area contributed by atoms with Crippen LogP contribution in [0.15, 0.2) is 0 Å². The number of hydrogen-bond donors (Lipinski definition) is 0. The van der Waals surface area contributed by atoms with Gasteiger partial charge in [-0.3, -0.25) is 0 Å². The molecule has 0 aliphatic heterocycles. The minimum atomic E-state index is -5.46. The maximum Gasteiger partial charge on any atom is 0.573 e. The van der Waals surface area contributed by atoms with Crippen molar-refractivity contribution >= 4 is 0 Å². The van der Waals surface area contributed by atoms with Crippen molar-refractivity contribution in [2.75, 3.05) is 0 Å². The molecule has 1 nitrogen and oxygen atoms in total. The first-order valence-electron chi connectivity index (χ1n) is 5.21. The molecule has 8 heteroatoms. The van der Waals surface area contributed by atoms with Crippen molar-refractivity contribution in [3.8, 4) is 5.75 Å². The molecule has 0 spiro atoms. The van der Waals surface area contributed by atoms with Gasteiger partial charge in [0.1, 0.15) is 0 Å². The van der Waals surface area contributed by atoms with Crippen molar-refractivity contribution in [3.63, 3.8) is 0 Å². The van der Waals surface area contributed by atoms with E-state index in [0.717, 1.165) is 0 Å². The van der Waals surface area contributed by atoms with Crippen LogP contribution in [0.3, 0.4) is 0 Å². The third-order valence-electron chi connectivity index (χ3n) is 2.58. The maximum atomic E-state index is 13.5. The molecule has 0 aliphatic rings. The quantitative estimate of drug-likeness (QED) is 0.581. The highest BCUT2D eigenvalue weighted by Crippen LogP contribution is 2.36. The van der Waals surface area contributed by atoms with Crippen LogP contribution in [0.1, 0.15) is 31.7 Å². The Hall–Kier alpha value is -1.47. The minimum absolute atomic E-state index is 0.145. The average molecular weight is 290 g/mol. The van der Waals surface area contributed by atoms with E-state index in [-0.39, 0.29) is 6.42 Å². The summed E-state index contributed by atoms with van der Waals surface area (Å²) >= 11 is 0. The topological polar surface area (TPSA) is 9.23 Å². The van der Waals surface area contributed by atoms with Gasteiger partial charge in [-0.15, -0.1) is 13.2 Å². The lowest BCUT2D eigenvalue weighted by atomic mass is 9.96. The Morgan fingerprint density at radius 3 is 1.68 bits per heavy atom. The van der Waals surface area contributed by atoms with E-state index in [1.165, 1.54) is 13.8 Å². The highest BCUT2D eigenvalue weighted by atomic mass is 19.4. The Bertz CT molecular complexity index is 452. The van der Waals surface area contributed by atoms with Crippen LogP contribution in [-0.4, -0.2) is 6.36 Å². The fourth-order valence-electron chi connectivity index (χ4n) is 1.47. The maximum absolute atomic E-state index is 13.5. The predicted octanol–water partition coefficient (Wildman–Crippen LogP) is 4.66. The molecule has 0 fully saturated rings. The predicted molar refractivity (Wildman–Crippen MR) is 51.7 cm³/mol. The molecule has 1 aromatic carbocycles. The van der Waals surface area contributed by atoms with E-state index in [1.54, 1.807) is 0 Å². The Kier molecular flexibility index (Phi) is 4.32. The fourth-order valence-corrected chi connectivity index (χ4v) is 1.47. The molecule has 1 atom stereocenters. The van der Waals surface area contributed by atoms with Gasteiger partial charge in [0, 0.05) is 5.56 Å². The first-order valence-corrected chi connectivity index (χ1v) is 5.21. The van der Waals surface area contributed by atoms with Crippen molar-refractivity contribution < 1.29 is 35.5 Å². The van der Waals surface area contributed by atoms with Crippen LogP contribution in [0.25, 0.3) is 0 Å². The summed E-state index contributed by atoms with van der Waals surface area (Å²) in [4.78, 5) is 0. The van der Waals surface area contributed by atoms with Crippen molar-refractivity contribution in [2.24, 2.45) is 0 Å². The summed E-state index contributed by atoms with van der Waals surface area (Å²) < 4.78 is 92.3. The molecule has 1 rings (SSSR count). The fraction of sp³-hybridized carbons (Fsp3) is 0.455. The molecule has 19 heavy (non-hydrogen) atoms. The van der Waals surface area contributed by atoms with Gasteiger partial charge < -0.3 is 4.74 Å². The van der Waals surface area contributed by atoms with E-state index < -0.39 is 46.9 Å². The number of rotatable bonds is 3. The molecule has 0 aliphatic carbocycles. The van der Waals surface area contributed by atoms with E-state index in [9.17, 15) is 30.7 Å². The van der Waals surface area contributed by atoms with Crippen LogP contribution in [-0.2, 0) is 0 Å². The SMILES string of the molecule is CCC(C)c1c(F)c(F)c(OC(F)(F)F)c(F)c1F. The summed E-state index contributed by atoms with van der Waals surface area (Å²) in [7, 11) is 0. The second-order valence-electron chi connectivity index (χ2n) is 3.86. The van der Waals surface area contributed by atoms with E-state index >= 15 is 0 Å². The summed E-state index contributed by atoms with van der Waals surface area (Å²) in [6.45, 7) is 2.78. The van der Waals surface area contributed by atoms with Crippen LogP contribution in [0.2, 0.25) is 0 Å². The molecular weight excluding hydrogens is 281 g/mol. The van der Waals surface area contributed by atoms with Gasteiger partial charge in [-0.1, -0.05) is 13.8 Å². The second kappa shape index (κ2) is 5.26. The van der Waals surface area contributed by atoms with Crippen molar-refractivity contribution in [1.82, 2.24) is 0 Å². The Morgan fingerprint density at radius 1 is 0.947 bits per heavy atom. The Labute approximate surface area is 104 Å². The highest BCUT2D eigenvalue weighted by molar-refractivity contribution is 5.36. The van der Waals surface area contributed by atoms with Crippen molar-refractivity contribution in [2.45, 2.75) is 32.5 Å². The molecule has 0 aromatic heterocycles. The van der Waals surface area contributed by atoms with Gasteiger partial charge in [-0.2, -0.15) is 8.78 Å². The molecule has 0 radical (unpaired) electrons. The Balaban J connectivity index is 3.47. The Morgan fingerprint density at radius 2 is 1.37 bits per heavy atom. The van der Waals surface area contributed by atoms with Gasteiger partial charge in [0.15, 0.2) is 11.6 Å². The number of hydrogen-bond acceptors (Lipinski definition) is 1. The minimum Gasteiger partial charge on any atom is -0.399 e. The summed E-state index contributed by atoms with van der Waals surface area (Å²) in [6, 6.07) is 0. The molecule has 108 valence electrons. The molecule has 1 unspecified atom stereocenters. The molecule has 0 N–H and O–H groups in total. The largest absolute Gasteiger partial charge is 0.573 e. The van der Waals surface area contributed by atoms with E-state index in [1.807, 2.05) is 0 Å². The normalized spacial score (nSPS) is 13.5. The van der Waals surface area contributed by atoms with Gasteiger partial charge in [0.05, 0.1) is 0 Å². The number of benzene rings is 1. The van der Waals surface area contributed by atoms with Gasteiger partial charge in [0.2, 0.25) is 17.4 Å². The zero-order valence-electron chi connectivity index (χ0n) is 9.84. The summed E-state index contributed by atoms with van der Waals surface area (Å²) in [5.41, 5.74) is -0.938. The summed E-state index contributed by atoms with van der Waals surface area (Å²) in [5, 5.41) is 0. The molecule has 1 aromatic rings. The first kappa shape index (κ1) is 15.6. The number of ether oxygens (including phenoxy) is 1. The van der Waals surface area contributed by atoms with Crippen molar-refractivity contribution in [3.05, 3.63) is 28.8 Å². The average Bonchev–Trinajstić information content (AvgIpc) is 2.31. The van der Waals surface area contributed by atoms with Crippen LogP contribution in [0, 0.1) is 23.3 Å². The molecule has 0 saturated carbocycles. The first-order chi connectivity index (χ1) is 8.60. The summed E-state index contributed by atoms with van der Waals surface area (Å²) in [6.07, 6.45) is -5.31. The lowest BCUT2D eigenvalue weighted by Gasteiger charge is -2.16. The lowest BCUT2D eigenvalue weighted by Crippen LogP contribution is -2.21. The molecule has 0 saturated heterocycles. The smallest absolute Gasteiger partial charge is 0.399 e. The zero-order valence-corrected chi connectivity index (χ0v) is 9.84. The van der Waals surface area contributed by atoms with Gasteiger partial charge in [-0.05, 0) is 12.3 Å². The molecule has 0 bridgehead atoms. The van der Waals surface area contributed by atoms with Crippen LogP contribution in [0.5, 0.6) is 5.75 Å². The van der Waals surface area contributed by atoms with Crippen LogP contribution >= 0.6 is 0 Å². The van der Waals surface area contributed by atoms with Gasteiger partial charge in [-0.25, -0.2) is 8.78 Å². The molecule has 0 amide bonds. The zero-order chi connectivity index (χ0) is 15.0. The number of alkyl halides is 3. The van der Waals surface area contributed by atoms with E-state index in [4.69, 9.17) is 0 Å². The monoisotopic (exact) mass is 290 g/mol. The van der Waals surface area contributed by atoms with Gasteiger partial charge >= 0.3 is 6.36 Å². The summed E-state index contributed by atoms with van der Waals surface area (Å²) in [5.74, 6) is -11.2. The third-order valence-corrected chi connectivity index (χ3v) is 2.58.